The van der Waals surface area contributed by atoms with Crippen molar-refractivity contribution in [1.29, 1.82) is 0 Å². The summed E-state index contributed by atoms with van der Waals surface area (Å²) < 4.78 is 27.8. The van der Waals surface area contributed by atoms with Gasteiger partial charge in [0.1, 0.15) is 11.6 Å². The molecule has 0 unspecified atom stereocenters. The molecule has 2 aromatic rings. The SMILES string of the molecule is O=C(c1ccc(F)c(Br)c1CBr)c1ccc(F)c(Br)c1CBr. The maximum Gasteiger partial charge on any atom is 0.193 e. The van der Waals surface area contributed by atoms with Gasteiger partial charge in [-0.25, -0.2) is 8.78 Å². The van der Waals surface area contributed by atoms with Gasteiger partial charge in [-0.1, -0.05) is 31.9 Å². The van der Waals surface area contributed by atoms with Gasteiger partial charge in [0.15, 0.2) is 5.78 Å². The van der Waals surface area contributed by atoms with Gasteiger partial charge in [0.25, 0.3) is 0 Å². The van der Waals surface area contributed by atoms with E-state index in [9.17, 15) is 13.6 Å². The Kier molecular flexibility index (Phi) is 6.33. The molecule has 0 aliphatic carbocycles. The van der Waals surface area contributed by atoms with Gasteiger partial charge in [-0.05, 0) is 67.3 Å². The lowest BCUT2D eigenvalue weighted by Gasteiger charge is -2.13. The fourth-order valence-corrected chi connectivity index (χ4v) is 4.91. The second-order valence-corrected chi connectivity index (χ2v) is 7.08. The lowest BCUT2D eigenvalue weighted by atomic mass is 9.96. The van der Waals surface area contributed by atoms with E-state index in [2.05, 4.69) is 63.7 Å². The third kappa shape index (κ3) is 3.37. The molecule has 2 rings (SSSR count). The molecule has 0 bridgehead atoms. The summed E-state index contributed by atoms with van der Waals surface area (Å²) in [5.74, 6) is -1.16. The van der Waals surface area contributed by atoms with Crippen LogP contribution in [0.1, 0.15) is 27.0 Å². The van der Waals surface area contributed by atoms with Crippen LogP contribution in [0.25, 0.3) is 0 Å². The van der Waals surface area contributed by atoms with Crippen molar-refractivity contribution < 1.29 is 13.6 Å². The van der Waals surface area contributed by atoms with Gasteiger partial charge in [-0.3, -0.25) is 4.79 Å². The summed E-state index contributed by atoms with van der Waals surface area (Å²) in [7, 11) is 0. The second-order valence-electron chi connectivity index (χ2n) is 4.37. The van der Waals surface area contributed by atoms with Crippen molar-refractivity contribution in [3.05, 3.63) is 67.1 Å². The highest BCUT2D eigenvalue weighted by Gasteiger charge is 2.21. The maximum atomic E-state index is 13.6. The van der Waals surface area contributed by atoms with Gasteiger partial charge in [0.2, 0.25) is 0 Å². The molecule has 0 heterocycles. The summed E-state index contributed by atoms with van der Waals surface area (Å²) in [4.78, 5) is 12.8. The monoisotopic (exact) mass is 558 g/mol. The van der Waals surface area contributed by atoms with Crippen molar-refractivity contribution in [2.75, 3.05) is 0 Å². The number of ketones is 1. The summed E-state index contributed by atoms with van der Waals surface area (Å²) in [6.07, 6.45) is 0. The van der Waals surface area contributed by atoms with Crippen LogP contribution < -0.4 is 0 Å². The topological polar surface area (TPSA) is 17.1 Å². The number of hydrogen-bond donors (Lipinski definition) is 0. The molecule has 116 valence electrons. The summed E-state index contributed by atoms with van der Waals surface area (Å²) >= 11 is 12.9. The minimum atomic E-state index is -0.438. The first kappa shape index (κ1) is 18.2. The molecule has 0 radical (unpaired) electrons. The van der Waals surface area contributed by atoms with Crippen LogP contribution in [0.2, 0.25) is 0 Å². The molecule has 0 aliphatic heterocycles. The first-order valence-corrected chi connectivity index (χ1v) is 9.85. The average Bonchev–Trinajstić information content (AvgIpc) is 2.51. The molecule has 0 aromatic heterocycles. The number of alkyl halides is 2. The minimum absolute atomic E-state index is 0.247. The van der Waals surface area contributed by atoms with Crippen LogP contribution in [0.3, 0.4) is 0 Å². The van der Waals surface area contributed by atoms with E-state index in [1.807, 2.05) is 0 Å². The molecule has 0 aliphatic rings. The number of carbonyl (C=O) groups excluding carboxylic acids is 1. The van der Waals surface area contributed by atoms with Crippen molar-refractivity contribution >= 4 is 69.5 Å². The Labute approximate surface area is 160 Å². The Morgan fingerprint density at radius 3 is 1.50 bits per heavy atom. The smallest absolute Gasteiger partial charge is 0.193 e. The molecule has 1 nitrogen and oxygen atoms in total. The van der Waals surface area contributed by atoms with Crippen LogP contribution in [0.4, 0.5) is 8.78 Å². The van der Waals surface area contributed by atoms with E-state index >= 15 is 0 Å². The van der Waals surface area contributed by atoms with Crippen LogP contribution in [0.5, 0.6) is 0 Å². The molecule has 0 saturated heterocycles. The van der Waals surface area contributed by atoms with Crippen molar-refractivity contribution in [2.45, 2.75) is 10.7 Å². The Bertz CT molecular complexity index is 685. The Hall–Kier alpha value is -0.110. The highest BCUT2D eigenvalue weighted by Crippen LogP contribution is 2.31. The molecule has 2 aromatic carbocycles. The standard InChI is InChI=1S/C15H8Br4F2O/c16-5-9-7(1-3-11(20)13(9)18)15(22)8-2-4-12(21)14(19)10(8)6-17/h1-4H,5-6H2. The predicted octanol–water partition coefficient (Wildman–Crippen LogP) is 6.51. The highest BCUT2D eigenvalue weighted by molar-refractivity contribution is 9.11. The van der Waals surface area contributed by atoms with E-state index in [0.29, 0.717) is 32.9 Å². The summed E-state index contributed by atoms with van der Waals surface area (Å²) in [5.41, 5.74) is 1.77. The molecular formula is C15H8Br4F2O. The zero-order valence-corrected chi connectivity index (χ0v) is 17.2. The van der Waals surface area contributed by atoms with E-state index < -0.39 is 11.6 Å². The number of rotatable bonds is 4. The lowest BCUT2D eigenvalue weighted by molar-refractivity contribution is 0.103. The summed E-state index contributed by atoms with van der Waals surface area (Å²) in [5, 5.41) is 0.636. The Morgan fingerprint density at radius 2 is 1.18 bits per heavy atom. The fourth-order valence-electron chi connectivity index (χ4n) is 2.02. The van der Waals surface area contributed by atoms with Crippen LogP contribution in [0, 0.1) is 11.6 Å². The quantitative estimate of drug-likeness (QED) is 0.307. The number of hydrogen-bond acceptors (Lipinski definition) is 1. The molecule has 0 amide bonds. The summed E-state index contributed by atoms with van der Waals surface area (Å²) in [6.45, 7) is 0. The molecule has 0 saturated carbocycles. The van der Waals surface area contributed by atoms with Crippen LogP contribution in [0.15, 0.2) is 33.2 Å². The van der Waals surface area contributed by atoms with Crippen molar-refractivity contribution in [3.63, 3.8) is 0 Å². The maximum absolute atomic E-state index is 13.6. The predicted molar refractivity (Wildman–Crippen MR) is 96.9 cm³/mol. The molecule has 0 fully saturated rings. The van der Waals surface area contributed by atoms with Crippen molar-refractivity contribution in [1.82, 2.24) is 0 Å². The van der Waals surface area contributed by atoms with Crippen molar-refractivity contribution in [3.8, 4) is 0 Å². The first-order valence-electron chi connectivity index (χ1n) is 6.02. The van der Waals surface area contributed by atoms with E-state index in [1.54, 1.807) is 0 Å². The zero-order chi connectivity index (χ0) is 16.4. The second kappa shape index (κ2) is 7.64. The normalized spacial score (nSPS) is 10.8. The molecule has 0 N–H and O–H groups in total. The zero-order valence-electron chi connectivity index (χ0n) is 10.9. The minimum Gasteiger partial charge on any atom is -0.289 e. The van der Waals surface area contributed by atoms with Gasteiger partial charge in [0.05, 0.1) is 8.95 Å². The molecule has 22 heavy (non-hydrogen) atoms. The van der Waals surface area contributed by atoms with E-state index in [-0.39, 0.29) is 14.7 Å². The third-order valence-corrected chi connectivity index (χ3v) is 5.98. The largest absolute Gasteiger partial charge is 0.289 e. The van der Waals surface area contributed by atoms with E-state index in [0.717, 1.165) is 0 Å². The number of benzene rings is 2. The Morgan fingerprint density at radius 1 is 0.818 bits per heavy atom. The van der Waals surface area contributed by atoms with Crippen LogP contribution >= 0.6 is 63.7 Å². The number of halogens is 6. The van der Waals surface area contributed by atoms with Gasteiger partial charge < -0.3 is 0 Å². The average molecular weight is 562 g/mol. The highest BCUT2D eigenvalue weighted by atomic mass is 79.9. The van der Waals surface area contributed by atoms with Gasteiger partial charge >= 0.3 is 0 Å². The molecular weight excluding hydrogens is 554 g/mol. The van der Waals surface area contributed by atoms with E-state index in [4.69, 9.17) is 0 Å². The third-order valence-electron chi connectivity index (χ3n) is 3.15. The lowest BCUT2D eigenvalue weighted by Crippen LogP contribution is -2.09. The first-order chi connectivity index (χ1) is 10.4. The fraction of sp³-hybridized carbons (Fsp3) is 0.133. The van der Waals surface area contributed by atoms with Crippen molar-refractivity contribution in [2.24, 2.45) is 0 Å². The van der Waals surface area contributed by atoms with Gasteiger partial charge in [-0.15, -0.1) is 0 Å². The summed E-state index contributed by atoms with van der Waals surface area (Å²) in [6, 6.07) is 5.34. The van der Waals surface area contributed by atoms with Gasteiger partial charge in [-0.2, -0.15) is 0 Å². The van der Waals surface area contributed by atoms with Crippen LogP contribution in [-0.2, 0) is 10.7 Å². The Balaban J connectivity index is 2.64. The molecule has 0 atom stereocenters. The molecule has 7 heteroatoms. The number of carbonyl (C=O) groups is 1. The van der Waals surface area contributed by atoms with E-state index in [1.165, 1.54) is 24.3 Å². The van der Waals surface area contributed by atoms with Gasteiger partial charge in [0, 0.05) is 21.8 Å². The molecule has 0 spiro atoms. The van der Waals surface area contributed by atoms with Crippen LogP contribution in [-0.4, -0.2) is 5.78 Å².